The molecule has 0 radical (unpaired) electrons. The van der Waals surface area contributed by atoms with Gasteiger partial charge in [0.1, 0.15) is 11.6 Å². The van der Waals surface area contributed by atoms with Gasteiger partial charge in [0, 0.05) is 11.3 Å². The van der Waals surface area contributed by atoms with Gasteiger partial charge in [-0.1, -0.05) is 78.6 Å². The summed E-state index contributed by atoms with van der Waals surface area (Å²) >= 11 is 2.66. The van der Waals surface area contributed by atoms with Gasteiger partial charge in [-0.3, -0.25) is 14.5 Å². The summed E-state index contributed by atoms with van der Waals surface area (Å²) in [6.45, 7) is 4.67. The Labute approximate surface area is 273 Å². The zero-order chi connectivity index (χ0) is 32.2. The van der Waals surface area contributed by atoms with Crippen molar-refractivity contribution in [3.05, 3.63) is 113 Å². The average Bonchev–Trinajstić information content (AvgIpc) is 3.64. The Morgan fingerprint density at radius 1 is 0.957 bits per heavy atom. The van der Waals surface area contributed by atoms with Crippen molar-refractivity contribution in [1.29, 1.82) is 0 Å². The van der Waals surface area contributed by atoms with Gasteiger partial charge >= 0.3 is 5.91 Å². The highest BCUT2D eigenvalue weighted by Gasteiger charge is 2.48. The van der Waals surface area contributed by atoms with E-state index in [1.807, 2.05) is 32.0 Å². The first-order valence-corrected chi connectivity index (χ1v) is 16.6. The minimum atomic E-state index is -1.06. The van der Waals surface area contributed by atoms with Crippen molar-refractivity contribution < 1.29 is 28.6 Å². The van der Waals surface area contributed by atoms with Crippen molar-refractivity contribution in [2.75, 3.05) is 18.1 Å². The lowest BCUT2D eigenvalue weighted by Gasteiger charge is -2.23. The number of carbonyl (C=O) groups is 2. The Bertz CT molecular complexity index is 1940. The second-order valence-electron chi connectivity index (χ2n) is 10.4. The maximum absolute atomic E-state index is 13.7. The van der Waals surface area contributed by atoms with E-state index in [0.29, 0.717) is 40.4 Å². The molecule has 234 valence electrons. The Morgan fingerprint density at radius 3 is 2.52 bits per heavy atom. The van der Waals surface area contributed by atoms with Crippen LogP contribution in [0.2, 0.25) is 0 Å². The van der Waals surface area contributed by atoms with E-state index in [4.69, 9.17) is 9.47 Å². The molecule has 2 heterocycles. The minimum absolute atomic E-state index is 0.151. The van der Waals surface area contributed by atoms with Gasteiger partial charge in [-0.15, -0.1) is 10.2 Å². The summed E-state index contributed by atoms with van der Waals surface area (Å²) in [6, 6.07) is 23.4. The molecule has 1 N–H and O–H groups in total. The van der Waals surface area contributed by atoms with Crippen LogP contribution in [-0.2, 0) is 15.3 Å². The average molecular weight is 656 g/mol. The molecular formula is C35H30FN3O5S2. The molecule has 46 heavy (non-hydrogen) atoms. The van der Waals surface area contributed by atoms with Crippen molar-refractivity contribution in [3.8, 4) is 11.5 Å². The lowest BCUT2D eigenvalue weighted by atomic mass is 9.95. The first-order chi connectivity index (χ1) is 22.4. The fourth-order valence-electron chi connectivity index (χ4n) is 5.32. The predicted molar refractivity (Wildman–Crippen MR) is 178 cm³/mol. The molecule has 1 aromatic heterocycles. The molecule has 1 saturated heterocycles. The van der Waals surface area contributed by atoms with Crippen LogP contribution >= 0.6 is 23.1 Å². The third-order valence-corrected chi connectivity index (χ3v) is 9.54. The van der Waals surface area contributed by atoms with E-state index in [1.165, 1.54) is 52.3 Å². The number of benzene rings is 4. The van der Waals surface area contributed by atoms with Crippen LogP contribution in [0.1, 0.15) is 43.0 Å². The van der Waals surface area contributed by atoms with Gasteiger partial charge in [0.15, 0.2) is 15.8 Å². The van der Waals surface area contributed by atoms with Crippen molar-refractivity contribution in [3.63, 3.8) is 0 Å². The molecule has 4 aromatic carbocycles. The maximum atomic E-state index is 13.7. The van der Waals surface area contributed by atoms with E-state index in [0.717, 1.165) is 22.8 Å². The molecule has 1 aliphatic rings. The number of ether oxygens (including phenoxy) is 2. The number of aliphatic hydroxyl groups excluding tert-OH is 1. The predicted octanol–water partition coefficient (Wildman–Crippen LogP) is 7.94. The van der Waals surface area contributed by atoms with Crippen LogP contribution in [0.25, 0.3) is 16.5 Å². The number of anilines is 1. The second-order valence-corrected chi connectivity index (χ2v) is 12.6. The number of thioether (sulfide) groups is 1. The zero-order valence-corrected chi connectivity index (χ0v) is 26.7. The molecule has 11 heteroatoms. The van der Waals surface area contributed by atoms with Gasteiger partial charge in [-0.05, 0) is 71.6 Å². The molecule has 6 rings (SSSR count). The smallest absolute Gasteiger partial charge is 0.301 e. The molecule has 1 fully saturated rings. The zero-order valence-electron chi connectivity index (χ0n) is 25.1. The highest BCUT2D eigenvalue weighted by atomic mass is 32.2. The van der Waals surface area contributed by atoms with Crippen LogP contribution < -0.4 is 14.4 Å². The van der Waals surface area contributed by atoms with Gasteiger partial charge in [0.25, 0.3) is 5.78 Å². The van der Waals surface area contributed by atoms with Crippen molar-refractivity contribution >= 4 is 56.5 Å². The second kappa shape index (κ2) is 13.7. The summed E-state index contributed by atoms with van der Waals surface area (Å²) < 4.78 is 26.1. The van der Waals surface area contributed by atoms with Crippen LogP contribution in [-0.4, -0.2) is 40.2 Å². The number of rotatable bonds is 11. The SMILES string of the molecule is CCCOc1ccc(C2/C(=C(\O)c3ccc(F)cc3)C(=O)C(=O)N2c2nnc(SCc3cccc4ccccc34)s2)cc1OCC. The number of hydrogen-bond donors (Lipinski definition) is 1. The first-order valence-electron chi connectivity index (χ1n) is 14.8. The number of nitrogens with zero attached hydrogens (tertiary/aromatic N) is 3. The number of fused-ring (bicyclic) bond motifs is 1. The van der Waals surface area contributed by atoms with E-state index in [1.54, 1.807) is 18.2 Å². The van der Waals surface area contributed by atoms with Crippen LogP contribution in [0, 0.1) is 5.82 Å². The van der Waals surface area contributed by atoms with Crippen molar-refractivity contribution in [2.45, 2.75) is 36.4 Å². The van der Waals surface area contributed by atoms with Crippen LogP contribution in [0.4, 0.5) is 9.52 Å². The third-order valence-electron chi connectivity index (χ3n) is 7.44. The Hall–Kier alpha value is -4.74. The standard InChI is InChI=1S/C35H30FN3O5S2/c1-3-18-44-27-17-14-23(19-28(27)43-4-2)30-29(31(40)22-12-15-25(36)16-13-22)32(41)33(42)39(30)34-37-38-35(46-34)45-20-24-10-7-9-21-8-5-6-11-26(21)24/h5-17,19,30,40H,3-4,18,20H2,1-2H3/b31-29+. The largest absolute Gasteiger partial charge is 0.507 e. The van der Waals surface area contributed by atoms with Crippen molar-refractivity contribution in [1.82, 2.24) is 10.2 Å². The fourth-order valence-corrected chi connectivity index (χ4v) is 7.19. The molecule has 1 amide bonds. The molecule has 0 spiro atoms. The highest BCUT2D eigenvalue weighted by molar-refractivity contribution is 8.00. The highest BCUT2D eigenvalue weighted by Crippen LogP contribution is 2.46. The maximum Gasteiger partial charge on any atom is 0.301 e. The first kappa shape index (κ1) is 31.3. The fraction of sp³-hybridized carbons (Fsp3) is 0.200. The number of halogens is 1. The van der Waals surface area contributed by atoms with E-state index in [9.17, 15) is 19.1 Å². The quantitative estimate of drug-likeness (QED) is 0.0503. The minimum Gasteiger partial charge on any atom is -0.507 e. The van der Waals surface area contributed by atoms with Crippen LogP contribution in [0.5, 0.6) is 11.5 Å². The molecule has 8 nitrogen and oxygen atoms in total. The summed E-state index contributed by atoms with van der Waals surface area (Å²) in [7, 11) is 0. The van der Waals surface area contributed by atoms with Gasteiger partial charge in [-0.2, -0.15) is 0 Å². The number of carbonyl (C=O) groups excluding carboxylic acids is 2. The monoisotopic (exact) mass is 655 g/mol. The van der Waals surface area contributed by atoms with Gasteiger partial charge < -0.3 is 14.6 Å². The summed E-state index contributed by atoms with van der Waals surface area (Å²) in [6.07, 6.45) is 0.795. The number of hydrogen-bond acceptors (Lipinski definition) is 9. The Morgan fingerprint density at radius 2 is 1.74 bits per heavy atom. The molecule has 1 atom stereocenters. The third kappa shape index (κ3) is 6.20. The topological polar surface area (TPSA) is 102 Å². The number of aliphatic hydroxyl groups is 1. The summed E-state index contributed by atoms with van der Waals surface area (Å²) in [5.41, 5.74) is 1.67. The number of Topliss-reactive ketones (excluding diaryl/α,β-unsaturated/α-hetero) is 1. The van der Waals surface area contributed by atoms with Crippen LogP contribution in [0.3, 0.4) is 0 Å². The molecule has 0 bridgehead atoms. The van der Waals surface area contributed by atoms with Gasteiger partial charge in [0.05, 0.1) is 24.8 Å². The molecule has 0 saturated carbocycles. The molecule has 1 unspecified atom stereocenters. The summed E-state index contributed by atoms with van der Waals surface area (Å²) in [5, 5.41) is 22.5. The molecule has 1 aliphatic heterocycles. The van der Waals surface area contributed by atoms with Crippen LogP contribution in [0.15, 0.2) is 94.8 Å². The van der Waals surface area contributed by atoms with E-state index in [-0.39, 0.29) is 16.3 Å². The Balaban J connectivity index is 1.40. The summed E-state index contributed by atoms with van der Waals surface area (Å²) in [5.74, 6) is -1.10. The normalized spacial score (nSPS) is 15.9. The Kier molecular flexibility index (Phi) is 9.32. The molecular weight excluding hydrogens is 626 g/mol. The van der Waals surface area contributed by atoms with E-state index >= 15 is 0 Å². The molecule has 0 aliphatic carbocycles. The van der Waals surface area contributed by atoms with E-state index in [2.05, 4.69) is 34.5 Å². The number of ketones is 1. The molecule has 5 aromatic rings. The van der Waals surface area contributed by atoms with Gasteiger partial charge in [0.2, 0.25) is 5.13 Å². The number of aromatic nitrogens is 2. The lowest BCUT2D eigenvalue weighted by Crippen LogP contribution is -2.29. The summed E-state index contributed by atoms with van der Waals surface area (Å²) in [4.78, 5) is 28.6. The lowest BCUT2D eigenvalue weighted by molar-refractivity contribution is -0.132. The number of amides is 1. The van der Waals surface area contributed by atoms with E-state index < -0.39 is 29.3 Å². The van der Waals surface area contributed by atoms with Crippen molar-refractivity contribution in [2.24, 2.45) is 0 Å². The van der Waals surface area contributed by atoms with Gasteiger partial charge in [-0.25, -0.2) is 4.39 Å².